The van der Waals surface area contributed by atoms with Crippen molar-refractivity contribution in [2.24, 2.45) is 0 Å². The number of unbranched alkanes of at least 4 members (excludes halogenated alkanes) is 1. The Labute approximate surface area is 261 Å². The molecule has 0 saturated carbocycles. The first kappa shape index (κ1) is 33.8. The fourth-order valence-electron chi connectivity index (χ4n) is 4.12. The maximum absolute atomic E-state index is 12.7. The number of ketones is 2. The highest BCUT2D eigenvalue weighted by atomic mass is 19.4. The summed E-state index contributed by atoms with van der Waals surface area (Å²) in [5.41, 5.74) is 0.257. The van der Waals surface area contributed by atoms with E-state index < -0.39 is 23.5 Å². The Balaban J connectivity index is 1.13. The second-order valence-electron chi connectivity index (χ2n) is 10.1. The molecule has 0 N–H and O–H groups in total. The molecule has 46 heavy (non-hydrogen) atoms. The first-order chi connectivity index (χ1) is 21.9. The number of hydrogen-bond donors (Lipinski definition) is 0. The summed E-state index contributed by atoms with van der Waals surface area (Å²) in [5, 5.41) is 0. The molecule has 0 saturated heterocycles. The molecule has 0 heterocycles. The van der Waals surface area contributed by atoms with Gasteiger partial charge in [-0.1, -0.05) is 36.4 Å². The van der Waals surface area contributed by atoms with Crippen LogP contribution in [0, 0.1) is 0 Å². The highest BCUT2D eigenvalue weighted by molar-refractivity contribution is 6.07. The monoisotopic (exact) mass is 638 g/mol. The van der Waals surface area contributed by atoms with Gasteiger partial charge in [0.2, 0.25) is 0 Å². The zero-order chi connectivity index (χ0) is 33.2. The van der Waals surface area contributed by atoms with Crippen LogP contribution < -0.4 is 9.47 Å². The minimum Gasteiger partial charge on any atom is -0.494 e. The molecule has 4 rings (SSSR count). The third-order valence-corrected chi connectivity index (χ3v) is 6.68. The molecule has 0 spiro atoms. The third kappa shape index (κ3) is 10.2. The smallest absolute Gasteiger partial charge is 0.416 e. The van der Waals surface area contributed by atoms with E-state index in [2.05, 4.69) is 0 Å². The van der Waals surface area contributed by atoms with Crippen LogP contribution in [0.25, 0.3) is 12.2 Å². The highest BCUT2D eigenvalue weighted by Crippen LogP contribution is 2.30. The zero-order valence-electron chi connectivity index (χ0n) is 24.3. The van der Waals surface area contributed by atoms with E-state index >= 15 is 0 Å². The van der Waals surface area contributed by atoms with Gasteiger partial charge in [0, 0.05) is 11.1 Å². The summed E-state index contributed by atoms with van der Waals surface area (Å²) in [6, 6.07) is 22.1. The van der Waals surface area contributed by atoms with E-state index in [4.69, 9.17) is 9.47 Å². The van der Waals surface area contributed by atoms with Crippen LogP contribution in [0.3, 0.4) is 0 Å². The summed E-state index contributed by atoms with van der Waals surface area (Å²) in [7, 11) is 0. The summed E-state index contributed by atoms with van der Waals surface area (Å²) in [5.74, 6) is 0.569. The minimum atomic E-state index is -4.42. The van der Waals surface area contributed by atoms with E-state index in [1.165, 1.54) is 48.6 Å². The predicted octanol–water partition coefficient (Wildman–Crippen LogP) is 9.75. The Morgan fingerprint density at radius 1 is 0.500 bits per heavy atom. The summed E-state index contributed by atoms with van der Waals surface area (Å²) in [6.45, 7) is 0.840. The van der Waals surface area contributed by atoms with E-state index in [0.29, 0.717) is 59.8 Å². The Morgan fingerprint density at radius 2 is 0.826 bits per heavy atom. The fourth-order valence-corrected chi connectivity index (χ4v) is 4.12. The van der Waals surface area contributed by atoms with Gasteiger partial charge in [0.05, 0.1) is 24.3 Å². The van der Waals surface area contributed by atoms with E-state index in [1.54, 1.807) is 48.5 Å². The zero-order valence-corrected chi connectivity index (χ0v) is 24.3. The molecule has 0 fully saturated rings. The van der Waals surface area contributed by atoms with Crippen molar-refractivity contribution in [1.29, 1.82) is 0 Å². The van der Waals surface area contributed by atoms with Crippen molar-refractivity contribution in [2.75, 3.05) is 13.2 Å². The maximum atomic E-state index is 12.7. The minimum absolute atomic E-state index is 0.296. The first-order valence-electron chi connectivity index (χ1n) is 14.1. The Hall–Kier alpha value is -5.12. The molecular formula is C36H28F6O4. The summed E-state index contributed by atoms with van der Waals surface area (Å²) < 4.78 is 87.5. The van der Waals surface area contributed by atoms with Gasteiger partial charge in [-0.25, -0.2) is 0 Å². The molecule has 4 nitrogen and oxygen atoms in total. The first-order valence-corrected chi connectivity index (χ1v) is 14.1. The van der Waals surface area contributed by atoms with Crippen LogP contribution in [0.2, 0.25) is 0 Å². The van der Waals surface area contributed by atoms with Crippen molar-refractivity contribution in [2.45, 2.75) is 25.2 Å². The summed E-state index contributed by atoms with van der Waals surface area (Å²) in [4.78, 5) is 24.8. The van der Waals surface area contributed by atoms with Gasteiger partial charge in [-0.15, -0.1) is 0 Å². The van der Waals surface area contributed by atoms with Crippen LogP contribution >= 0.6 is 0 Å². The highest BCUT2D eigenvalue weighted by Gasteiger charge is 2.30. The molecule has 0 amide bonds. The van der Waals surface area contributed by atoms with Crippen molar-refractivity contribution in [1.82, 2.24) is 0 Å². The average molecular weight is 639 g/mol. The summed E-state index contributed by atoms with van der Waals surface area (Å²) >= 11 is 0. The number of halogens is 6. The Kier molecular flexibility index (Phi) is 11.2. The van der Waals surface area contributed by atoms with Gasteiger partial charge in [-0.3, -0.25) is 9.59 Å². The Bertz CT molecular complexity index is 1520. The quantitative estimate of drug-likeness (QED) is 0.0633. The second kappa shape index (κ2) is 15.2. The molecule has 0 aromatic heterocycles. The van der Waals surface area contributed by atoms with Gasteiger partial charge in [0.25, 0.3) is 0 Å². The lowest BCUT2D eigenvalue weighted by Crippen LogP contribution is -2.04. The lowest BCUT2D eigenvalue weighted by molar-refractivity contribution is -0.138. The van der Waals surface area contributed by atoms with Crippen LogP contribution in [0.15, 0.2) is 109 Å². The van der Waals surface area contributed by atoms with Crippen LogP contribution in [-0.4, -0.2) is 24.8 Å². The molecule has 0 aliphatic heterocycles. The lowest BCUT2D eigenvalue weighted by Gasteiger charge is -2.08. The summed E-state index contributed by atoms with van der Waals surface area (Å²) in [6.07, 6.45) is -1.93. The van der Waals surface area contributed by atoms with Crippen LogP contribution in [0.5, 0.6) is 11.5 Å². The van der Waals surface area contributed by atoms with E-state index in [-0.39, 0.29) is 11.6 Å². The molecular weight excluding hydrogens is 610 g/mol. The average Bonchev–Trinajstić information content (AvgIpc) is 3.04. The molecule has 4 aromatic rings. The van der Waals surface area contributed by atoms with E-state index in [0.717, 1.165) is 24.3 Å². The predicted molar refractivity (Wildman–Crippen MR) is 163 cm³/mol. The molecule has 0 unspecified atom stereocenters. The molecule has 4 aromatic carbocycles. The molecule has 0 atom stereocenters. The third-order valence-electron chi connectivity index (χ3n) is 6.68. The van der Waals surface area contributed by atoms with Gasteiger partial charge in [-0.05, 0) is 109 Å². The van der Waals surface area contributed by atoms with Gasteiger partial charge in [0.1, 0.15) is 11.5 Å². The van der Waals surface area contributed by atoms with Gasteiger partial charge < -0.3 is 9.47 Å². The molecule has 0 bridgehead atoms. The normalized spacial score (nSPS) is 12.0. The molecule has 0 aliphatic rings. The van der Waals surface area contributed by atoms with Gasteiger partial charge in [-0.2, -0.15) is 26.3 Å². The van der Waals surface area contributed by atoms with Crippen molar-refractivity contribution < 1.29 is 45.4 Å². The van der Waals surface area contributed by atoms with Crippen LogP contribution in [-0.2, 0) is 12.4 Å². The van der Waals surface area contributed by atoms with Crippen molar-refractivity contribution >= 4 is 23.7 Å². The number of allylic oxidation sites excluding steroid dienone is 2. The largest absolute Gasteiger partial charge is 0.494 e. The van der Waals surface area contributed by atoms with Crippen molar-refractivity contribution in [3.8, 4) is 11.5 Å². The van der Waals surface area contributed by atoms with Crippen molar-refractivity contribution in [3.05, 3.63) is 143 Å². The number of benzene rings is 4. The lowest BCUT2D eigenvalue weighted by atomic mass is 10.1. The molecule has 0 radical (unpaired) electrons. The topological polar surface area (TPSA) is 52.6 Å². The fraction of sp³-hybridized carbons (Fsp3) is 0.167. The number of carbonyl (C=O) groups excluding carboxylic acids is 2. The van der Waals surface area contributed by atoms with Crippen molar-refractivity contribution in [3.63, 3.8) is 0 Å². The number of carbonyl (C=O) groups is 2. The SMILES string of the molecule is O=C(/C=C/c1ccc(C(F)(F)F)cc1)c1ccc(OCCCCOc2ccc(C(=O)/C=C/c3ccc(C(F)(F)F)cc3)cc2)cc1. The number of ether oxygens (including phenoxy) is 2. The number of alkyl halides is 6. The number of hydrogen-bond acceptors (Lipinski definition) is 4. The van der Waals surface area contributed by atoms with E-state index in [9.17, 15) is 35.9 Å². The van der Waals surface area contributed by atoms with Crippen LogP contribution in [0.1, 0.15) is 55.8 Å². The van der Waals surface area contributed by atoms with Crippen LogP contribution in [0.4, 0.5) is 26.3 Å². The maximum Gasteiger partial charge on any atom is 0.416 e. The molecule has 0 aliphatic carbocycles. The number of rotatable bonds is 13. The molecule has 10 heteroatoms. The standard InChI is InChI=1S/C36H28F6O4/c37-35(38,39)29-13-3-25(4-14-29)7-21-33(43)27-9-17-31(18-10-27)45-23-1-2-24-46-32-19-11-28(12-20-32)34(44)22-8-26-5-15-30(16-6-26)36(40,41)42/h3-22H,1-2,23-24H2/b21-7+,22-8+. The van der Waals surface area contributed by atoms with E-state index in [1.807, 2.05) is 0 Å². The molecule has 238 valence electrons. The van der Waals surface area contributed by atoms with Gasteiger partial charge in [0.15, 0.2) is 11.6 Å². The van der Waals surface area contributed by atoms with Gasteiger partial charge >= 0.3 is 12.4 Å². The second-order valence-corrected chi connectivity index (χ2v) is 10.1. The Morgan fingerprint density at radius 3 is 1.13 bits per heavy atom.